The van der Waals surface area contributed by atoms with Gasteiger partial charge in [0.05, 0.1) is 10.5 Å². The highest BCUT2D eigenvalue weighted by atomic mass is 35.5. The summed E-state index contributed by atoms with van der Waals surface area (Å²) in [4.78, 5) is 12.4. The number of carbonyl (C=O) groups excluding carboxylic acids is 1. The van der Waals surface area contributed by atoms with Gasteiger partial charge in [-0.25, -0.2) is 12.8 Å². The van der Waals surface area contributed by atoms with Crippen LogP contribution in [0.3, 0.4) is 0 Å². The Morgan fingerprint density at radius 3 is 2.42 bits per heavy atom. The van der Waals surface area contributed by atoms with Crippen LogP contribution in [-0.4, -0.2) is 31.2 Å². The zero-order chi connectivity index (χ0) is 22.8. The average molecular weight is 479 g/mol. The van der Waals surface area contributed by atoms with Crippen molar-refractivity contribution in [3.63, 3.8) is 0 Å². The van der Waals surface area contributed by atoms with Crippen molar-refractivity contribution in [2.45, 2.75) is 42.9 Å². The summed E-state index contributed by atoms with van der Waals surface area (Å²) in [7, 11) is -4.32. The van der Waals surface area contributed by atoms with E-state index in [0.29, 0.717) is 31.5 Å². The van der Waals surface area contributed by atoms with Gasteiger partial charge in [-0.2, -0.15) is 17.5 Å². The number of nitrogens with zero attached hydrogens (tertiary/aromatic N) is 1. The summed E-state index contributed by atoms with van der Waals surface area (Å²) < 4.78 is 80.8. The monoisotopic (exact) mass is 478 g/mol. The molecule has 5 nitrogen and oxygen atoms in total. The average Bonchev–Trinajstić information content (AvgIpc) is 2.89. The Balaban J connectivity index is 2.07. The first-order valence-electron chi connectivity index (χ1n) is 9.40. The Hall–Kier alpha value is -2.17. The molecule has 2 aromatic carbocycles. The third-order valence-electron chi connectivity index (χ3n) is 4.90. The Labute approximate surface area is 182 Å². The summed E-state index contributed by atoms with van der Waals surface area (Å²) >= 11 is 5.82. The third-order valence-corrected chi connectivity index (χ3v) is 7.02. The van der Waals surface area contributed by atoms with E-state index < -0.39 is 46.1 Å². The van der Waals surface area contributed by atoms with Gasteiger partial charge >= 0.3 is 6.18 Å². The van der Waals surface area contributed by atoms with Crippen molar-refractivity contribution >= 4 is 27.5 Å². The Morgan fingerprint density at radius 2 is 1.77 bits per heavy atom. The van der Waals surface area contributed by atoms with E-state index in [0.717, 1.165) is 10.4 Å². The summed E-state index contributed by atoms with van der Waals surface area (Å²) in [5, 5.41) is 2.91. The number of carbonyl (C=O) groups is 1. The van der Waals surface area contributed by atoms with Crippen molar-refractivity contribution in [3.8, 4) is 0 Å². The highest BCUT2D eigenvalue weighted by Gasteiger charge is 2.37. The third kappa shape index (κ3) is 5.55. The molecule has 1 heterocycles. The number of nitrogens with one attached hydrogen (secondary N) is 1. The molecule has 0 aliphatic carbocycles. The van der Waals surface area contributed by atoms with Crippen molar-refractivity contribution < 1.29 is 30.8 Å². The summed E-state index contributed by atoms with van der Waals surface area (Å²) in [6, 6.07) is 5.88. The molecule has 1 aliphatic rings. The predicted octanol–water partition coefficient (Wildman–Crippen LogP) is 4.36. The minimum absolute atomic E-state index is 0.179. The van der Waals surface area contributed by atoms with E-state index >= 15 is 0 Å². The summed E-state index contributed by atoms with van der Waals surface area (Å²) in [5.74, 6) is -1.71. The van der Waals surface area contributed by atoms with Crippen molar-refractivity contribution in [2.24, 2.45) is 0 Å². The topological polar surface area (TPSA) is 66.5 Å². The lowest BCUT2D eigenvalue weighted by molar-refractivity contribution is -0.137. The van der Waals surface area contributed by atoms with Gasteiger partial charge in [-0.05, 0) is 67.3 Å². The van der Waals surface area contributed by atoms with E-state index in [2.05, 4.69) is 5.32 Å². The van der Waals surface area contributed by atoms with Crippen molar-refractivity contribution in [3.05, 3.63) is 64.4 Å². The lowest BCUT2D eigenvalue weighted by Crippen LogP contribution is -2.48. The summed E-state index contributed by atoms with van der Waals surface area (Å²) in [6.07, 6.45) is -3.46. The lowest BCUT2D eigenvalue weighted by atomic mass is 10.1. The predicted molar refractivity (Wildman–Crippen MR) is 106 cm³/mol. The van der Waals surface area contributed by atoms with Gasteiger partial charge in [0.2, 0.25) is 15.9 Å². The number of benzene rings is 2. The van der Waals surface area contributed by atoms with E-state index in [4.69, 9.17) is 11.6 Å². The van der Waals surface area contributed by atoms with Gasteiger partial charge in [0.1, 0.15) is 11.9 Å². The van der Waals surface area contributed by atoms with Crippen molar-refractivity contribution in [2.75, 3.05) is 6.54 Å². The summed E-state index contributed by atoms with van der Waals surface area (Å²) in [5.41, 5.74) is -1.46. The minimum atomic E-state index is -4.81. The number of amides is 1. The quantitative estimate of drug-likeness (QED) is 0.649. The van der Waals surface area contributed by atoms with Crippen LogP contribution in [0.4, 0.5) is 17.6 Å². The van der Waals surface area contributed by atoms with Gasteiger partial charge in [0.15, 0.2) is 0 Å². The van der Waals surface area contributed by atoms with Crippen LogP contribution in [-0.2, 0) is 27.5 Å². The molecule has 0 unspecified atom stereocenters. The van der Waals surface area contributed by atoms with Gasteiger partial charge < -0.3 is 5.32 Å². The number of hydrogen-bond acceptors (Lipinski definition) is 3. The molecule has 0 saturated carbocycles. The molecule has 1 saturated heterocycles. The van der Waals surface area contributed by atoms with E-state index in [1.54, 1.807) is 0 Å². The Morgan fingerprint density at radius 1 is 1.10 bits per heavy atom. The molecule has 1 atom stereocenters. The standard InChI is InChI=1S/C20H19ClF4N2O3S/c21-15-4-6-17(7-5-15)31(29,30)27(18-3-1-2-8-26-19(18)28)12-13-9-14(20(23,24)25)11-16(22)10-13/h4-7,9-11,18H,1-3,8,12H2,(H,26,28)/t18-/m1/s1. The number of halogens is 5. The van der Waals surface area contributed by atoms with Crippen LogP contribution in [0.5, 0.6) is 0 Å². The Bertz CT molecular complexity index is 1060. The van der Waals surface area contributed by atoms with Crippen molar-refractivity contribution in [1.82, 2.24) is 9.62 Å². The van der Waals surface area contributed by atoms with Crippen LogP contribution >= 0.6 is 11.6 Å². The van der Waals surface area contributed by atoms with Crippen LogP contribution in [0, 0.1) is 5.82 Å². The Kier molecular flexibility index (Phi) is 6.92. The SMILES string of the molecule is O=C1NCCCC[C@H]1N(Cc1cc(F)cc(C(F)(F)F)c1)S(=O)(=O)c1ccc(Cl)cc1. The number of sulfonamides is 1. The molecule has 1 fully saturated rings. The smallest absolute Gasteiger partial charge is 0.355 e. The molecular formula is C20H19ClF4N2O3S. The van der Waals surface area contributed by atoms with E-state index in [-0.39, 0.29) is 21.9 Å². The van der Waals surface area contributed by atoms with Crippen LogP contribution in [0.15, 0.2) is 47.4 Å². The fourth-order valence-electron chi connectivity index (χ4n) is 3.39. The molecule has 1 N–H and O–H groups in total. The molecule has 3 rings (SSSR count). The van der Waals surface area contributed by atoms with Gasteiger partial charge in [0, 0.05) is 18.1 Å². The summed E-state index contributed by atoms with van der Waals surface area (Å²) in [6.45, 7) is -0.244. The fraction of sp³-hybridized carbons (Fsp3) is 0.350. The van der Waals surface area contributed by atoms with Crippen LogP contribution in [0.2, 0.25) is 5.02 Å². The van der Waals surface area contributed by atoms with E-state index in [1.165, 1.54) is 24.3 Å². The molecular weight excluding hydrogens is 460 g/mol. The van der Waals surface area contributed by atoms with E-state index in [1.807, 2.05) is 0 Å². The molecule has 2 aromatic rings. The zero-order valence-corrected chi connectivity index (χ0v) is 17.7. The second-order valence-electron chi connectivity index (χ2n) is 7.15. The molecule has 11 heteroatoms. The highest BCUT2D eigenvalue weighted by Crippen LogP contribution is 2.32. The number of rotatable bonds is 5. The maximum absolute atomic E-state index is 13.9. The van der Waals surface area contributed by atoms with Crippen LogP contribution in [0.25, 0.3) is 0 Å². The van der Waals surface area contributed by atoms with Crippen molar-refractivity contribution in [1.29, 1.82) is 0 Å². The normalized spacial score (nSPS) is 18.0. The first-order chi connectivity index (χ1) is 14.5. The molecule has 0 spiro atoms. The minimum Gasteiger partial charge on any atom is -0.355 e. The first-order valence-corrected chi connectivity index (χ1v) is 11.2. The molecule has 31 heavy (non-hydrogen) atoms. The molecule has 1 amide bonds. The van der Waals surface area contributed by atoms with Crippen LogP contribution in [0.1, 0.15) is 30.4 Å². The first kappa shape index (κ1) is 23.5. The zero-order valence-electron chi connectivity index (χ0n) is 16.1. The molecule has 1 aliphatic heterocycles. The lowest BCUT2D eigenvalue weighted by Gasteiger charge is -2.29. The maximum Gasteiger partial charge on any atom is 0.416 e. The molecule has 0 aromatic heterocycles. The van der Waals surface area contributed by atoms with E-state index in [9.17, 15) is 30.8 Å². The number of alkyl halides is 3. The maximum atomic E-state index is 13.9. The second-order valence-corrected chi connectivity index (χ2v) is 9.48. The number of hydrogen-bond donors (Lipinski definition) is 1. The molecule has 168 valence electrons. The fourth-order valence-corrected chi connectivity index (χ4v) is 5.12. The highest BCUT2D eigenvalue weighted by molar-refractivity contribution is 7.89. The largest absolute Gasteiger partial charge is 0.416 e. The van der Waals surface area contributed by atoms with Gasteiger partial charge in [-0.1, -0.05) is 11.6 Å². The molecule has 0 bridgehead atoms. The molecule has 0 radical (unpaired) electrons. The second kappa shape index (κ2) is 9.13. The van der Waals surface area contributed by atoms with Gasteiger partial charge in [-0.3, -0.25) is 4.79 Å². The van der Waals surface area contributed by atoms with Crippen LogP contribution < -0.4 is 5.32 Å². The van der Waals surface area contributed by atoms with Gasteiger partial charge in [-0.15, -0.1) is 0 Å². The van der Waals surface area contributed by atoms with Gasteiger partial charge in [0.25, 0.3) is 0 Å².